The number of aliphatic hydroxyl groups is 1. The predicted molar refractivity (Wildman–Crippen MR) is 128 cm³/mol. The lowest BCUT2D eigenvalue weighted by atomic mass is 9.99. The number of H-pyrrole nitrogens is 2. The van der Waals surface area contributed by atoms with E-state index < -0.39 is 0 Å². The van der Waals surface area contributed by atoms with E-state index in [0.717, 1.165) is 5.57 Å². The predicted octanol–water partition coefficient (Wildman–Crippen LogP) is 3.52. The smallest absolute Gasteiger partial charge is 0.237 e. The van der Waals surface area contributed by atoms with E-state index in [1.54, 1.807) is 12.4 Å². The van der Waals surface area contributed by atoms with Crippen molar-refractivity contribution in [3.63, 3.8) is 0 Å². The maximum absolute atomic E-state index is 11.1. The van der Waals surface area contributed by atoms with Crippen LogP contribution < -0.4 is 10.9 Å². The summed E-state index contributed by atoms with van der Waals surface area (Å²) in [5.41, 5.74) is 1.41. The van der Waals surface area contributed by atoms with Crippen LogP contribution >= 0.6 is 0 Å². The maximum atomic E-state index is 11.1. The molecule has 0 saturated heterocycles. The third kappa shape index (κ3) is 7.78. The van der Waals surface area contributed by atoms with Crippen molar-refractivity contribution in [1.82, 2.24) is 9.97 Å². The van der Waals surface area contributed by atoms with E-state index in [1.807, 2.05) is 41.5 Å². The number of aliphatic imine (C=N–C) groups is 1. The molecule has 0 saturated carbocycles. The first-order valence-corrected chi connectivity index (χ1v) is 10.6. The molecule has 1 aliphatic rings. The van der Waals surface area contributed by atoms with Crippen molar-refractivity contribution in [2.24, 2.45) is 10.9 Å². The lowest BCUT2D eigenvalue weighted by molar-refractivity contribution is -0.111. The average molecular weight is 460 g/mol. The molecular weight excluding hydrogens is 426 g/mol. The first kappa shape index (κ1) is 27.4. The van der Waals surface area contributed by atoms with E-state index in [1.165, 1.54) is 18.6 Å². The number of pyridine rings is 2. The Bertz CT molecular complexity index is 1060. The first-order valence-electron chi connectivity index (χ1n) is 10.6. The van der Waals surface area contributed by atoms with Gasteiger partial charge in [-0.2, -0.15) is 0 Å². The van der Waals surface area contributed by atoms with Gasteiger partial charge >= 0.3 is 0 Å². The van der Waals surface area contributed by atoms with E-state index in [4.69, 9.17) is 10.2 Å². The van der Waals surface area contributed by atoms with Gasteiger partial charge in [0.15, 0.2) is 17.3 Å². The highest BCUT2D eigenvalue weighted by molar-refractivity contribution is 6.35. The number of aromatic hydroxyl groups is 2. The average Bonchev–Trinajstić information content (AvgIpc) is 2.74. The molecular formula is C24H33N3O6. The summed E-state index contributed by atoms with van der Waals surface area (Å²) in [6.07, 6.45) is 6.98. The summed E-state index contributed by atoms with van der Waals surface area (Å²) in [6, 6.07) is 0. The fraction of sp³-hybridized carbons (Fsp3) is 0.417. The maximum Gasteiger partial charge on any atom is 0.237 e. The van der Waals surface area contributed by atoms with Crippen LogP contribution in [0.15, 0.2) is 50.7 Å². The highest BCUT2D eigenvalue weighted by Crippen LogP contribution is 2.16. The molecule has 0 bridgehead atoms. The number of hydrogen-bond donors (Lipinski definition) is 5. The highest BCUT2D eigenvalue weighted by atomic mass is 16.3. The molecule has 0 spiro atoms. The zero-order valence-electron chi connectivity index (χ0n) is 19.8. The lowest BCUT2D eigenvalue weighted by Gasteiger charge is -2.13. The molecule has 0 fully saturated rings. The van der Waals surface area contributed by atoms with Gasteiger partial charge in [-0.05, 0) is 23.3 Å². The van der Waals surface area contributed by atoms with Crippen molar-refractivity contribution in [2.75, 3.05) is 6.54 Å². The van der Waals surface area contributed by atoms with Crippen LogP contribution in [0, 0.1) is 5.92 Å². The second-order valence-corrected chi connectivity index (χ2v) is 8.42. The SMILES string of the molecule is CC(C)C1=C(O)C(=O)C=NC1.CC(C)c1c[nH]cc(O)c1=O.CC(C)c1c[nH]cc(O)c1=O. The number of ketones is 1. The third-order valence-electron chi connectivity index (χ3n) is 4.86. The number of nitrogens with zero attached hydrogens (tertiary/aromatic N) is 1. The zero-order chi connectivity index (χ0) is 25.3. The van der Waals surface area contributed by atoms with Gasteiger partial charge in [-0.1, -0.05) is 41.5 Å². The number of dihydropyridines is 1. The summed E-state index contributed by atoms with van der Waals surface area (Å²) in [7, 11) is 0. The molecule has 0 unspecified atom stereocenters. The molecule has 9 heteroatoms. The number of aromatic nitrogens is 2. The van der Waals surface area contributed by atoms with Gasteiger partial charge in [0.1, 0.15) is 0 Å². The molecule has 0 aromatic carbocycles. The minimum Gasteiger partial charge on any atom is -0.504 e. The summed E-state index contributed by atoms with van der Waals surface area (Å²) in [4.78, 5) is 42.4. The Kier molecular flexibility index (Phi) is 10.3. The molecule has 2 aromatic rings. The van der Waals surface area contributed by atoms with Crippen molar-refractivity contribution in [1.29, 1.82) is 0 Å². The Morgan fingerprint density at radius 2 is 1.15 bits per heavy atom. The van der Waals surface area contributed by atoms with E-state index in [0.29, 0.717) is 17.7 Å². The van der Waals surface area contributed by atoms with E-state index in [9.17, 15) is 19.5 Å². The van der Waals surface area contributed by atoms with Crippen LogP contribution in [0.3, 0.4) is 0 Å². The van der Waals surface area contributed by atoms with Crippen LogP contribution in [0.25, 0.3) is 0 Å². The largest absolute Gasteiger partial charge is 0.504 e. The number of Topliss-reactive ketones (excluding diaryl/α,β-unsaturated/α-hetero) is 1. The van der Waals surface area contributed by atoms with Gasteiger partial charge in [0.2, 0.25) is 16.6 Å². The normalized spacial score (nSPS) is 13.1. The van der Waals surface area contributed by atoms with Crippen molar-refractivity contribution in [3.8, 4) is 11.5 Å². The molecule has 33 heavy (non-hydrogen) atoms. The molecule has 0 radical (unpaired) electrons. The van der Waals surface area contributed by atoms with Gasteiger partial charge in [0, 0.05) is 35.9 Å². The van der Waals surface area contributed by atoms with E-state index in [-0.39, 0.29) is 51.7 Å². The van der Waals surface area contributed by atoms with Crippen LogP contribution in [-0.2, 0) is 4.79 Å². The van der Waals surface area contributed by atoms with Crippen LogP contribution in [0.4, 0.5) is 0 Å². The molecule has 1 aliphatic heterocycles. The van der Waals surface area contributed by atoms with Crippen LogP contribution in [-0.4, -0.2) is 43.8 Å². The van der Waals surface area contributed by atoms with E-state index >= 15 is 0 Å². The molecule has 0 amide bonds. The van der Waals surface area contributed by atoms with Crippen LogP contribution in [0.2, 0.25) is 0 Å². The molecule has 3 rings (SSSR count). The summed E-state index contributed by atoms with van der Waals surface area (Å²) >= 11 is 0. The van der Waals surface area contributed by atoms with Gasteiger partial charge in [-0.15, -0.1) is 0 Å². The van der Waals surface area contributed by atoms with Gasteiger partial charge < -0.3 is 25.3 Å². The number of allylic oxidation sites excluding steroid dienone is 1. The molecule has 2 aromatic heterocycles. The Balaban J connectivity index is 0.000000247. The van der Waals surface area contributed by atoms with Crippen LogP contribution in [0.1, 0.15) is 64.5 Å². The van der Waals surface area contributed by atoms with E-state index in [2.05, 4.69) is 15.0 Å². The lowest BCUT2D eigenvalue weighted by Crippen LogP contribution is -2.16. The third-order valence-corrected chi connectivity index (χ3v) is 4.86. The second kappa shape index (κ2) is 12.4. The monoisotopic (exact) mass is 459 g/mol. The number of carbonyl (C=O) groups excluding carboxylic acids is 1. The van der Waals surface area contributed by atoms with Crippen molar-refractivity contribution < 1.29 is 20.1 Å². The number of hydrogen-bond acceptors (Lipinski definition) is 7. The van der Waals surface area contributed by atoms with Crippen molar-refractivity contribution >= 4 is 12.0 Å². The van der Waals surface area contributed by atoms with Gasteiger partial charge in [0.25, 0.3) is 0 Å². The number of nitrogens with one attached hydrogen (secondary N) is 2. The Morgan fingerprint density at radius 3 is 1.45 bits per heavy atom. The Hall–Kier alpha value is -3.62. The molecule has 180 valence electrons. The van der Waals surface area contributed by atoms with Gasteiger partial charge in [-0.3, -0.25) is 19.4 Å². The van der Waals surface area contributed by atoms with Crippen LogP contribution in [0.5, 0.6) is 11.5 Å². The molecule has 0 aliphatic carbocycles. The second-order valence-electron chi connectivity index (χ2n) is 8.42. The summed E-state index contributed by atoms with van der Waals surface area (Å²) in [5, 5.41) is 27.3. The fourth-order valence-electron chi connectivity index (χ4n) is 2.81. The highest BCUT2D eigenvalue weighted by Gasteiger charge is 2.18. The number of rotatable bonds is 3. The number of aliphatic hydroxyl groups excluding tert-OH is 1. The standard InChI is InChI=1S/3C8H11NO2/c3*1-5(2)6-3-9-4-7(10)8(6)11/h4-5,11H,3H2,1-2H3;2*3-5,10H,1-2H3,(H,9,11). The summed E-state index contributed by atoms with van der Waals surface area (Å²) in [6.45, 7) is 11.9. The Labute approximate surface area is 192 Å². The first-order chi connectivity index (χ1) is 15.4. The molecule has 0 atom stereocenters. The molecule has 9 nitrogen and oxygen atoms in total. The minimum absolute atomic E-state index is 0.116. The van der Waals surface area contributed by atoms with Crippen molar-refractivity contribution in [3.05, 3.63) is 67.7 Å². The van der Waals surface area contributed by atoms with Gasteiger partial charge in [-0.25, -0.2) is 0 Å². The minimum atomic E-state index is -0.375. The molecule has 3 heterocycles. The van der Waals surface area contributed by atoms with Gasteiger partial charge in [0.05, 0.1) is 12.8 Å². The topological polar surface area (TPSA) is 156 Å². The number of aromatic amines is 2. The quantitative estimate of drug-likeness (QED) is 0.473. The summed E-state index contributed by atoms with van der Waals surface area (Å²) < 4.78 is 0. The molecule has 5 N–H and O–H groups in total. The van der Waals surface area contributed by atoms with Crippen molar-refractivity contribution in [2.45, 2.75) is 53.4 Å². The zero-order valence-corrected chi connectivity index (χ0v) is 19.8. The number of carbonyl (C=O) groups is 1. The Morgan fingerprint density at radius 1 is 0.727 bits per heavy atom. The summed E-state index contributed by atoms with van der Waals surface area (Å²) in [5.74, 6) is -0.435. The fourth-order valence-corrected chi connectivity index (χ4v) is 2.81.